The Balaban J connectivity index is 1.37. The number of carboxylic acids is 1. The lowest BCUT2D eigenvalue weighted by Gasteiger charge is -2.27. The summed E-state index contributed by atoms with van der Waals surface area (Å²) in [5.74, 6) is -4.78. The van der Waals surface area contributed by atoms with Gasteiger partial charge < -0.3 is 36.8 Å². The van der Waals surface area contributed by atoms with Crippen molar-refractivity contribution in [2.24, 2.45) is 0 Å². The molecule has 2 aliphatic rings. The lowest BCUT2D eigenvalue weighted by atomic mass is 9.96. The Labute approximate surface area is 344 Å². The van der Waals surface area contributed by atoms with Crippen LogP contribution in [-0.2, 0) is 48.0 Å². The van der Waals surface area contributed by atoms with Gasteiger partial charge in [0.2, 0.25) is 29.5 Å². The molecule has 0 saturated carbocycles. The summed E-state index contributed by atoms with van der Waals surface area (Å²) in [4.78, 5) is 82.2. The fraction of sp³-hybridized carbons (Fsp3) is 0.200. The van der Waals surface area contributed by atoms with Gasteiger partial charge in [0.1, 0.15) is 29.9 Å². The van der Waals surface area contributed by atoms with Gasteiger partial charge in [0.05, 0.1) is 0 Å². The van der Waals surface area contributed by atoms with Crippen LogP contribution in [0.2, 0.25) is 0 Å². The van der Waals surface area contributed by atoms with E-state index < -0.39 is 59.7 Å². The van der Waals surface area contributed by atoms with Gasteiger partial charge in [0.15, 0.2) is 0 Å². The number of thiophene rings is 1. The number of fused-ring (bicyclic) bond motifs is 18. The summed E-state index contributed by atoms with van der Waals surface area (Å²) in [6, 6.07) is 27.4. The maximum atomic E-state index is 14.5. The van der Waals surface area contributed by atoms with Crippen molar-refractivity contribution < 1.29 is 39.0 Å². The molecular formula is C45H43N5O8S. The Bertz CT molecular complexity index is 2300. The summed E-state index contributed by atoms with van der Waals surface area (Å²) in [6.45, 7) is 4.08. The first-order chi connectivity index (χ1) is 28.4. The Morgan fingerprint density at radius 3 is 1.97 bits per heavy atom. The predicted molar refractivity (Wildman–Crippen MR) is 224 cm³/mol. The number of amides is 5. The van der Waals surface area contributed by atoms with Crippen LogP contribution in [0.4, 0.5) is 5.69 Å². The lowest BCUT2D eigenvalue weighted by Crippen LogP contribution is -2.58. The summed E-state index contributed by atoms with van der Waals surface area (Å²) in [5, 5.41) is 35.5. The van der Waals surface area contributed by atoms with Crippen molar-refractivity contribution in [3.8, 4) is 16.9 Å². The van der Waals surface area contributed by atoms with Crippen LogP contribution in [0.25, 0.3) is 16.7 Å². The molecule has 302 valence electrons. The first-order valence-electron chi connectivity index (χ1n) is 18.9. The van der Waals surface area contributed by atoms with E-state index in [0.717, 1.165) is 16.0 Å². The van der Waals surface area contributed by atoms with Crippen molar-refractivity contribution in [2.75, 3.05) is 5.32 Å². The molecule has 4 unspecified atom stereocenters. The van der Waals surface area contributed by atoms with E-state index >= 15 is 0 Å². The van der Waals surface area contributed by atoms with Gasteiger partial charge in [0, 0.05) is 42.7 Å². The maximum Gasteiger partial charge on any atom is 0.326 e. The number of nitrogens with one attached hydrogen (secondary N) is 5. The molecule has 2 bridgehead atoms. The van der Waals surface area contributed by atoms with Crippen LogP contribution in [-0.4, -0.2) is 69.9 Å². The first-order valence-corrected chi connectivity index (χ1v) is 19.8. The van der Waals surface area contributed by atoms with Gasteiger partial charge in [-0.2, -0.15) is 0 Å². The molecule has 13 nitrogen and oxygen atoms in total. The number of carbonyl (C=O) groups is 6. The average Bonchev–Trinajstić information content (AvgIpc) is 3.75. The molecule has 4 atom stereocenters. The minimum atomic E-state index is -1.54. The zero-order valence-electron chi connectivity index (χ0n) is 31.9. The van der Waals surface area contributed by atoms with Crippen LogP contribution in [0.1, 0.15) is 34.4 Å². The van der Waals surface area contributed by atoms with Crippen LogP contribution in [0, 0.1) is 0 Å². The SMILES string of the molecule is C=C(c1ccc(O)cc1)C1NC(=O)C(Cc2ccc(-c3ccccc3)cc2)NC(=O)C(Cc2cccs2)NC(=O)CCC(=O)Nc2ccc(cc2)CC(C(=O)O)NC1=O. The van der Waals surface area contributed by atoms with E-state index in [-0.39, 0.29) is 43.4 Å². The molecule has 7 rings (SSSR count). The van der Waals surface area contributed by atoms with Crippen LogP contribution in [0.3, 0.4) is 0 Å². The third-order valence-corrected chi connectivity index (χ3v) is 10.7. The van der Waals surface area contributed by atoms with Crippen molar-refractivity contribution in [1.29, 1.82) is 0 Å². The average molecular weight is 814 g/mol. The number of aliphatic carboxylic acids is 1. The smallest absolute Gasteiger partial charge is 0.326 e. The summed E-state index contributed by atoms with van der Waals surface area (Å²) in [5.41, 5.74) is 3.95. The fourth-order valence-corrected chi connectivity index (χ4v) is 7.30. The number of phenols is 1. The summed E-state index contributed by atoms with van der Waals surface area (Å²) < 4.78 is 0. The number of hydrogen-bond donors (Lipinski definition) is 7. The topological polar surface area (TPSA) is 203 Å². The van der Waals surface area contributed by atoms with E-state index in [1.165, 1.54) is 35.6 Å². The molecule has 0 radical (unpaired) electrons. The highest BCUT2D eigenvalue weighted by Gasteiger charge is 2.33. The van der Waals surface area contributed by atoms with Crippen molar-refractivity contribution >= 4 is 58.1 Å². The van der Waals surface area contributed by atoms with Gasteiger partial charge in [-0.25, -0.2) is 4.79 Å². The van der Waals surface area contributed by atoms with Crippen LogP contribution < -0.4 is 26.6 Å². The summed E-state index contributed by atoms with van der Waals surface area (Å²) in [6.07, 6.45) is -0.520. The normalized spacial score (nSPS) is 19.6. The standard InChI is InChI=1S/C45H43N5O8S/c1-27(30-15-19-34(51)20-16-30)41-44(56)49-38(45(57)58)25-29-11-17-33(18-12-29)46-39(52)21-22-40(53)47-37(26-35-8-5-23-59-35)42(54)48-36(43(55)50-41)24-28-9-13-32(14-10-28)31-6-3-2-4-7-31/h2-20,23,36-38,41,51H,1,21-22,24-26H2,(H,46,52)(H,47,53)(H,48,54)(H,49,56)(H,50,55)(H,57,58). The molecule has 0 aliphatic carbocycles. The van der Waals surface area contributed by atoms with E-state index in [0.29, 0.717) is 22.4 Å². The van der Waals surface area contributed by atoms with Crippen molar-refractivity contribution in [2.45, 2.75) is 56.3 Å². The molecule has 0 spiro atoms. The highest BCUT2D eigenvalue weighted by Crippen LogP contribution is 2.23. The molecule has 5 aromatic rings. The van der Waals surface area contributed by atoms with Gasteiger partial charge in [0.25, 0.3) is 0 Å². The molecule has 14 heteroatoms. The molecule has 4 aromatic carbocycles. The quantitative estimate of drug-likeness (QED) is 0.110. The largest absolute Gasteiger partial charge is 0.508 e. The van der Waals surface area contributed by atoms with E-state index in [1.54, 1.807) is 30.3 Å². The molecule has 5 amide bonds. The van der Waals surface area contributed by atoms with Crippen molar-refractivity contribution in [3.05, 3.63) is 149 Å². The third-order valence-electron chi connectivity index (χ3n) is 9.78. The second-order valence-corrected chi connectivity index (χ2v) is 15.1. The zero-order chi connectivity index (χ0) is 41.9. The number of phenolic OH excluding ortho intramolecular Hbond substituents is 1. The van der Waals surface area contributed by atoms with E-state index in [4.69, 9.17) is 0 Å². The Hall–Kier alpha value is -7.06. The first kappa shape index (κ1) is 41.6. The molecule has 0 fully saturated rings. The monoisotopic (exact) mass is 813 g/mol. The summed E-state index contributed by atoms with van der Waals surface area (Å²) in [7, 11) is 0. The van der Waals surface area contributed by atoms with Crippen LogP contribution >= 0.6 is 11.3 Å². The predicted octanol–water partition coefficient (Wildman–Crippen LogP) is 4.62. The van der Waals surface area contributed by atoms with E-state index in [1.807, 2.05) is 66.0 Å². The molecule has 2 aliphatic heterocycles. The van der Waals surface area contributed by atoms with Gasteiger partial charge in [-0.1, -0.05) is 91.5 Å². The second kappa shape index (κ2) is 19.4. The van der Waals surface area contributed by atoms with E-state index in [9.17, 15) is 39.0 Å². The minimum Gasteiger partial charge on any atom is -0.508 e. The number of carboxylic acid groups (broad SMARTS) is 1. The van der Waals surface area contributed by atoms with E-state index in [2.05, 4.69) is 33.2 Å². The van der Waals surface area contributed by atoms with Gasteiger partial charge in [-0.05, 0) is 69.1 Å². The van der Waals surface area contributed by atoms with Crippen LogP contribution in [0.15, 0.2) is 127 Å². The minimum absolute atomic E-state index is 0.0416. The second-order valence-electron chi connectivity index (χ2n) is 14.1. The van der Waals surface area contributed by atoms with Crippen molar-refractivity contribution in [1.82, 2.24) is 21.3 Å². The zero-order valence-corrected chi connectivity index (χ0v) is 32.7. The molecule has 3 heterocycles. The highest BCUT2D eigenvalue weighted by molar-refractivity contribution is 7.09. The molecule has 0 saturated heterocycles. The van der Waals surface area contributed by atoms with Crippen molar-refractivity contribution in [3.63, 3.8) is 0 Å². The van der Waals surface area contributed by atoms with Gasteiger partial charge in [-0.3, -0.25) is 24.0 Å². The molecule has 1 aromatic heterocycles. The Morgan fingerprint density at radius 2 is 1.31 bits per heavy atom. The molecular weight excluding hydrogens is 771 g/mol. The Morgan fingerprint density at radius 1 is 0.661 bits per heavy atom. The van der Waals surface area contributed by atoms with Gasteiger partial charge in [-0.15, -0.1) is 11.3 Å². The Kier molecular flexibility index (Phi) is 13.7. The number of aromatic hydroxyl groups is 1. The number of anilines is 1. The number of carbonyl (C=O) groups excluding carboxylic acids is 5. The third kappa shape index (κ3) is 11.5. The number of hydrogen-bond acceptors (Lipinski definition) is 8. The van der Waals surface area contributed by atoms with Crippen LogP contribution in [0.5, 0.6) is 5.75 Å². The molecule has 59 heavy (non-hydrogen) atoms. The highest BCUT2D eigenvalue weighted by atomic mass is 32.1. The number of rotatable bonds is 8. The fourth-order valence-electron chi connectivity index (χ4n) is 6.55. The maximum absolute atomic E-state index is 14.5. The van der Waals surface area contributed by atoms with Gasteiger partial charge >= 0.3 is 5.97 Å². The summed E-state index contributed by atoms with van der Waals surface area (Å²) >= 11 is 1.38. The number of benzene rings is 4. The lowest BCUT2D eigenvalue weighted by molar-refractivity contribution is -0.142. The molecule has 7 N–H and O–H groups in total.